The smallest absolute Gasteiger partial charge is 0.311 e. The largest absolute Gasteiger partial charge is 0.459 e. The van der Waals surface area contributed by atoms with Crippen molar-refractivity contribution in [2.24, 2.45) is 17.8 Å². The van der Waals surface area contributed by atoms with Gasteiger partial charge in [0.15, 0.2) is 12.6 Å². The molecule has 3 heterocycles. The van der Waals surface area contributed by atoms with Crippen molar-refractivity contribution in [1.29, 1.82) is 0 Å². The van der Waals surface area contributed by atoms with Crippen molar-refractivity contribution in [3.63, 3.8) is 0 Å². The molecule has 0 bridgehead atoms. The fraction of sp³-hybridized carbons (Fsp3) is 0.708. The van der Waals surface area contributed by atoms with Crippen molar-refractivity contribution in [1.82, 2.24) is 9.80 Å². The molecule has 0 saturated carbocycles. The zero-order valence-electron chi connectivity index (χ0n) is 51.8. The minimum Gasteiger partial charge on any atom is -0.459 e. The van der Waals surface area contributed by atoms with Gasteiger partial charge in [-0.25, -0.2) is 0 Å². The number of methoxy groups -OCH3 is 1. The number of nitrogens with zero attached hydrogens (tertiary/aromatic N) is 3. The number of esters is 1. The SMILES string of the molecule is CC[C@H]1OC(=O)[C@H](C)[C@@H](O[C@H]2C[C@@](C)(OC)[C@@H](O)[C@H](C)O2)[C@H](C)[C@@H](O[C@@H]2O[C@H](C)C[C@H](N(C)C)[C@H]2O)[C@](C)(O)C[C@@H](C)CN(CCCCCCCC[P+](c2ccccc2)(c2ccccc2)c2ccc(N(C)C)cc2)[C@H](C)[C@@H](O)[C@]1(C)O. The summed E-state index contributed by atoms with van der Waals surface area (Å²) >= 11 is 0. The van der Waals surface area contributed by atoms with E-state index in [-0.39, 0.29) is 37.3 Å². The van der Waals surface area contributed by atoms with Crippen molar-refractivity contribution < 1.29 is 58.7 Å². The molecule has 6 rings (SSSR count). The molecular formula is C65H105N3O12P+. The minimum absolute atomic E-state index is 0.121. The van der Waals surface area contributed by atoms with Crippen LogP contribution < -0.4 is 20.8 Å². The lowest BCUT2D eigenvalue weighted by Crippen LogP contribution is -2.60. The molecule has 3 aromatic rings. The Morgan fingerprint density at radius 1 is 0.728 bits per heavy atom. The van der Waals surface area contributed by atoms with Gasteiger partial charge in [-0.05, 0) is 162 Å². The summed E-state index contributed by atoms with van der Waals surface area (Å²) in [5, 5.41) is 65.0. The van der Waals surface area contributed by atoms with E-state index in [0.717, 1.165) is 44.7 Å². The molecule has 3 aliphatic rings. The van der Waals surface area contributed by atoms with Gasteiger partial charge < -0.3 is 63.8 Å². The first-order valence-corrected chi connectivity index (χ1v) is 32.2. The molecule has 0 aliphatic carbocycles. The summed E-state index contributed by atoms with van der Waals surface area (Å²) < 4.78 is 38.6. The van der Waals surface area contributed by atoms with Gasteiger partial charge in [-0.15, -0.1) is 0 Å². The molecule has 3 aliphatic heterocycles. The fourth-order valence-corrected chi connectivity index (χ4v) is 17.9. The third-order valence-electron chi connectivity index (χ3n) is 18.4. The Hall–Kier alpha value is -3.12. The Labute approximate surface area is 487 Å². The van der Waals surface area contributed by atoms with E-state index in [2.05, 4.69) is 116 Å². The van der Waals surface area contributed by atoms with Gasteiger partial charge in [-0.3, -0.25) is 9.69 Å². The van der Waals surface area contributed by atoms with E-state index in [9.17, 15) is 30.3 Å². The average molecular weight is 1150 g/mol. The van der Waals surface area contributed by atoms with Crippen molar-refractivity contribution in [3.8, 4) is 0 Å². The molecule has 0 radical (unpaired) electrons. The van der Waals surface area contributed by atoms with E-state index in [1.807, 2.05) is 46.7 Å². The molecule has 456 valence electrons. The van der Waals surface area contributed by atoms with Gasteiger partial charge in [0.25, 0.3) is 0 Å². The molecule has 18 atom stereocenters. The number of rotatable bonds is 20. The Balaban J connectivity index is 1.24. The van der Waals surface area contributed by atoms with E-state index >= 15 is 0 Å². The number of carbonyl (C=O) groups is 1. The van der Waals surface area contributed by atoms with E-state index in [4.69, 9.17) is 28.4 Å². The number of benzene rings is 3. The standard InChI is InChI=1S/C65H105N3O12P/c1-16-54-65(10,74)58(70)47(6)68(37-27-19-17-18-20-28-38-81(50-29-23-21-24-30-50,51-31-25-22-26-32-51)52-35-33-49(34-36-52)66(11)12)42-43(2)40-63(8,73)60(80-62-56(69)53(67(13)14)39-44(3)76-62)45(4)57(46(5)61(72)78-54)79-55-41-64(9,75-15)59(71)48(7)77-55/h21-26,29-36,43-48,53-60,62,69-71,73-74H,16-20,27-28,37-42H2,1-15H3/q+1/t43-,44-,45+,46-,47-,48+,53+,54-,55+,56-,57+,58-,59+,60-,62+,63-,64-,65-/m1/s1. The third kappa shape index (κ3) is 16.1. The van der Waals surface area contributed by atoms with Gasteiger partial charge in [0.2, 0.25) is 0 Å². The number of anilines is 1. The lowest BCUT2D eigenvalue weighted by Gasteiger charge is -2.48. The van der Waals surface area contributed by atoms with Crippen LogP contribution in [0.5, 0.6) is 0 Å². The summed E-state index contributed by atoms with van der Waals surface area (Å²) in [4.78, 5) is 21.1. The Bertz CT molecular complexity index is 2310. The molecule has 5 N–H and O–H groups in total. The predicted octanol–water partition coefficient (Wildman–Crippen LogP) is 7.67. The molecule has 3 aromatic carbocycles. The van der Waals surface area contributed by atoms with E-state index in [1.165, 1.54) is 28.7 Å². The zero-order valence-corrected chi connectivity index (χ0v) is 52.7. The van der Waals surface area contributed by atoms with Crippen LogP contribution in [0.2, 0.25) is 0 Å². The van der Waals surface area contributed by atoms with Gasteiger partial charge in [-0.1, -0.05) is 76.4 Å². The molecule has 15 nitrogen and oxygen atoms in total. The van der Waals surface area contributed by atoms with Gasteiger partial charge in [0, 0.05) is 57.9 Å². The van der Waals surface area contributed by atoms with Crippen LogP contribution >= 0.6 is 7.26 Å². The molecule has 16 heteroatoms. The van der Waals surface area contributed by atoms with Gasteiger partial charge >= 0.3 is 5.97 Å². The number of carbonyl (C=O) groups excluding carboxylic acids is 1. The fourth-order valence-electron chi connectivity index (χ4n) is 13.5. The first kappa shape index (κ1) is 67.0. The summed E-state index contributed by atoms with van der Waals surface area (Å²) in [6.45, 7) is 19.2. The summed E-state index contributed by atoms with van der Waals surface area (Å²) in [5.41, 5.74) is -3.33. The maximum absolute atomic E-state index is 14.7. The summed E-state index contributed by atoms with van der Waals surface area (Å²) in [6, 6.07) is 30.4. The molecule has 0 aromatic heterocycles. The Morgan fingerprint density at radius 3 is 1.85 bits per heavy atom. The molecular weight excluding hydrogens is 1050 g/mol. The normalized spacial score (nSPS) is 36.2. The van der Waals surface area contributed by atoms with Crippen molar-refractivity contribution in [2.75, 3.05) is 59.5 Å². The summed E-state index contributed by atoms with van der Waals surface area (Å²) in [7, 11) is 7.52. The van der Waals surface area contributed by atoms with Crippen LogP contribution in [-0.2, 0) is 33.2 Å². The second-order valence-corrected chi connectivity index (χ2v) is 29.1. The lowest BCUT2D eigenvalue weighted by molar-refractivity contribution is -0.318. The highest BCUT2D eigenvalue weighted by molar-refractivity contribution is 7.95. The van der Waals surface area contributed by atoms with Crippen LogP contribution in [0.15, 0.2) is 84.9 Å². The predicted molar refractivity (Wildman–Crippen MR) is 325 cm³/mol. The van der Waals surface area contributed by atoms with E-state index in [1.54, 1.807) is 34.6 Å². The maximum atomic E-state index is 14.7. The average Bonchev–Trinajstić information content (AvgIpc) is 3.53. The van der Waals surface area contributed by atoms with E-state index < -0.39 is 103 Å². The quantitative estimate of drug-likeness (QED) is 0.0422. The first-order valence-electron chi connectivity index (χ1n) is 30.3. The maximum Gasteiger partial charge on any atom is 0.311 e. The second-order valence-electron chi connectivity index (χ2n) is 25.5. The topological polar surface area (TPSA) is 183 Å². The highest BCUT2D eigenvalue weighted by Crippen LogP contribution is 2.56. The highest BCUT2D eigenvalue weighted by Gasteiger charge is 2.53. The van der Waals surface area contributed by atoms with Crippen LogP contribution in [0.3, 0.4) is 0 Å². The third-order valence-corrected chi connectivity index (χ3v) is 23.0. The van der Waals surface area contributed by atoms with Crippen LogP contribution in [0, 0.1) is 17.8 Å². The van der Waals surface area contributed by atoms with Crippen LogP contribution in [-0.4, -0.2) is 186 Å². The van der Waals surface area contributed by atoms with Crippen molar-refractivity contribution >= 4 is 34.8 Å². The summed E-state index contributed by atoms with van der Waals surface area (Å²) in [6.07, 6.45) is -1.38. The number of ether oxygens (including phenoxy) is 6. The van der Waals surface area contributed by atoms with Gasteiger partial charge in [0.05, 0.1) is 47.7 Å². The molecule has 0 spiro atoms. The number of likely N-dealkylation sites (N-methyl/N-ethyl adjacent to an activating group) is 1. The first-order chi connectivity index (χ1) is 38.2. The molecule has 0 unspecified atom stereocenters. The lowest BCUT2D eigenvalue weighted by atomic mass is 9.77. The van der Waals surface area contributed by atoms with Gasteiger partial charge in [-0.2, -0.15) is 0 Å². The minimum atomic E-state index is -1.98. The van der Waals surface area contributed by atoms with Crippen LogP contribution in [0.4, 0.5) is 5.69 Å². The monoisotopic (exact) mass is 1150 g/mol. The van der Waals surface area contributed by atoms with E-state index in [0.29, 0.717) is 19.5 Å². The number of cyclic esters (lactones) is 1. The van der Waals surface area contributed by atoms with Gasteiger partial charge in [0.1, 0.15) is 53.2 Å². The Kier molecular flexibility index (Phi) is 24.3. The van der Waals surface area contributed by atoms with Crippen LogP contribution in [0.25, 0.3) is 0 Å². The molecule has 81 heavy (non-hydrogen) atoms. The van der Waals surface area contributed by atoms with Crippen LogP contribution in [0.1, 0.15) is 133 Å². The second kappa shape index (κ2) is 29.3. The summed E-state index contributed by atoms with van der Waals surface area (Å²) in [5.74, 6) is -2.69. The molecule has 0 amide bonds. The molecule has 3 fully saturated rings. The number of aliphatic hydroxyl groups excluding tert-OH is 3. The van der Waals surface area contributed by atoms with Crippen molar-refractivity contribution in [2.45, 2.75) is 224 Å². The highest BCUT2D eigenvalue weighted by atomic mass is 31.2. The number of hydrogen-bond acceptors (Lipinski definition) is 15. The number of hydrogen-bond donors (Lipinski definition) is 5. The number of aliphatic hydroxyl groups is 5. The van der Waals surface area contributed by atoms with Crippen molar-refractivity contribution in [3.05, 3.63) is 84.9 Å². The Morgan fingerprint density at radius 2 is 1.30 bits per heavy atom. The zero-order chi connectivity index (χ0) is 59.6. The number of unbranched alkanes of at least 4 members (excludes halogenated alkanes) is 5. The molecule has 3 saturated heterocycles.